The molecule has 1 N–H and O–H groups in total. The lowest BCUT2D eigenvalue weighted by Gasteiger charge is -2.34. The van der Waals surface area contributed by atoms with Crippen LogP contribution >= 0.6 is 0 Å². The Hall–Kier alpha value is -1.91. The molecular formula is C13H17N3O2. The third-order valence-electron chi connectivity index (χ3n) is 3.24. The van der Waals surface area contributed by atoms with Crippen LogP contribution in [0.1, 0.15) is 24.6 Å². The Kier molecular flexibility index (Phi) is 3.60. The summed E-state index contributed by atoms with van der Waals surface area (Å²) in [6.07, 6.45) is 2.32. The summed E-state index contributed by atoms with van der Waals surface area (Å²) >= 11 is 0. The van der Waals surface area contributed by atoms with Crippen molar-refractivity contribution in [1.82, 2.24) is 15.2 Å². The van der Waals surface area contributed by atoms with E-state index in [0.29, 0.717) is 13.0 Å². The predicted molar refractivity (Wildman–Crippen MR) is 66.6 cm³/mol. The Morgan fingerprint density at radius 3 is 2.94 bits per heavy atom. The van der Waals surface area contributed by atoms with Crippen LogP contribution in [0.15, 0.2) is 18.3 Å². The molecule has 1 atom stereocenters. The molecule has 1 aromatic rings. The molecule has 1 fully saturated rings. The van der Waals surface area contributed by atoms with Gasteiger partial charge in [0.2, 0.25) is 11.8 Å². The number of aryl methyl sites for hydroxylation is 1. The summed E-state index contributed by atoms with van der Waals surface area (Å²) in [6.45, 7) is 4.34. The molecular weight excluding hydrogens is 230 g/mol. The van der Waals surface area contributed by atoms with Gasteiger partial charge in [0, 0.05) is 6.20 Å². The van der Waals surface area contributed by atoms with Gasteiger partial charge in [-0.05, 0) is 25.0 Å². The number of piperazine rings is 1. The van der Waals surface area contributed by atoms with E-state index in [9.17, 15) is 9.59 Å². The molecule has 96 valence electrons. The van der Waals surface area contributed by atoms with Gasteiger partial charge in [-0.2, -0.15) is 0 Å². The second-order valence-corrected chi connectivity index (χ2v) is 4.43. The van der Waals surface area contributed by atoms with Gasteiger partial charge >= 0.3 is 0 Å². The highest BCUT2D eigenvalue weighted by Crippen LogP contribution is 2.15. The van der Waals surface area contributed by atoms with E-state index in [4.69, 9.17) is 0 Å². The SMILES string of the molecule is CCC1C(=O)NCC(=O)N1Cc1ncccc1C. The van der Waals surface area contributed by atoms with Crippen LogP contribution < -0.4 is 5.32 Å². The zero-order valence-electron chi connectivity index (χ0n) is 10.6. The van der Waals surface area contributed by atoms with Crippen molar-refractivity contribution in [2.75, 3.05) is 6.54 Å². The van der Waals surface area contributed by atoms with Crippen LogP contribution in [0.5, 0.6) is 0 Å². The fourth-order valence-corrected chi connectivity index (χ4v) is 2.15. The van der Waals surface area contributed by atoms with E-state index in [1.165, 1.54) is 0 Å². The van der Waals surface area contributed by atoms with Crippen LogP contribution in [0.2, 0.25) is 0 Å². The van der Waals surface area contributed by atoms with Crippen LogP contribution in [0, 0.1) is 6.92 Å². The zero-order chi connectivity index (χ0) is 13.1. The fourth-order valence-electron chi connectivity index (χ4n) is 2.15. The van der Waals surface area contributed by atoms with Crippen molar-refractivity contribution in [3.05, 3.63) is 29.6 Å². The number of amides is 2. The first-order valence-electron chi connectivity index (χ1n) is 6.11. The maximum absolute atomic E-state index is 11.9. The summed E-state index contributed by atoms with van der Waals surface area (Å²) in [5.41, 5.74) is 1.88. The van der Waals surface area contributed by atoms with Gasteiger partial charge in [0.05, 0.1) is 18.8 Å². The minimum Gasteiger partial charge on any atom is -0.345 e. The Bertz CT molecular complexity index is 473. The highest BCUT2D eigenvalue weighted by molar-refractivity contribution is 5.94. The van der Waals surface area contributed by atoms with Gasteiger partial charge in [-0.15, -0.1) is 0 Å². The number of rotatable bonds is 3. The lowest BCUT2D eigenvalue weighted by Crippen LogP contribution is -2.57. The molecule has 1 aliphatic rings. The van der Waals surface area contributed by atoms with E-state index in [2.05, 4.69) is 10.3 Å². The highest BCUT2D eigenvalue weighted by atomic mass is 16.2. The van der Waals surface area contributed by atoms with Gasteiger partial charge < -0.3 is 10.2 Å². The normalized spacial score (nSPS) is 19.9. The summed E-state index contributed by atoms with van der Waals surface area (Å²) in [5.74, 6) is -0.128. The molecule has 0 radical (unpaired) electrons. The first-order valence-corrected chi connectivity index (χ1v) is 6.11. The number of hydrogen-bond donors (Lipinski definition) is 1. The second-order valence-electron chi connectivity index (χ2n) is 4.43. The van der Waals surface area contributed by atoms with Crippen LogP contribution in [0.25, 0.3) is 0 Å². The second kappa shape index (κ2) is 5.16. The molecule has 1 unspecified atom stereocenters. The van der Waals surface area contributed by atoms with Crippen molar-refractivity contribution in [2.45, 2.75) is 32.9 Å². The van der Waals surface area contributed by atoms with Gasteiger partial charge in [-0.25, -0.2) is 0 Å². The average molecular weight is 247 g/mol. The van der Waals surface area contributed by atoms with Crippen molar-refractivity contribution >= 4 is 11.8 Å². The van der Waals surface area contributed by atoms with Crippen molar-refractivity contribution in [2.24, 2.45) is 0 Å². The molecule has 1 aromatic heterocycles. The number of pyridine rings is 1. The van der Waals surface area contributed by atoms with Gasteiger partial charge in [0.1, 0.15) is 6.04 Å². The molecule has 1 saturated heterocycles. The third kappa shape index (κ3) is 2.34. The van der Waals surface area contributed by atoms with E-state index in [1.807, 2.05) is 26.0 Å². The number of nitrogens with one attached hydrogen (secondary N) is 1. The molecule has 2 rings (SSSR count). The highest BCUT2D eigenvalue weighted by Gasteiger charge is 2.33. The van der Waals surface area contributed by atoms with Crippen molar-refractivity contribution in [3.8, 4) is 0 Å². The van der Waals surface area contributed by atoms with E-state index in [0.717, 1.165) is 11.3 Å². The monoisotopic (exact) mass is 247 g/mol. The molecule has 2 amide bonds. The van der Waals surface area contributed by atoms with Gasteiger partial charge in [-0.3, -0.25) is 14.6 Å². The fraction of sp³-hybridized carbons (Fsp3) is 0.462. The average Bonchev–Trinajstić information content (AvgIpc) is 2.37. The number of nitrogens with zero attached hydrogens (tertiary/aromatic N) is 2. The predicted octanol–water partition coefficient (Wildman–Crippen LogP) is 0.627. The van der Waals surface area contributed by atoms with E-state index in [1.54, 1.807) is 11.1 Å². The molecule has 5 heteroatoms. The quantitative estimate of drug-likeness (QED) is 0.852. The lowest BCUT2D eigenvalue weighted by atomic mass is 10.1. The maximum atomic E-state index is 11.9. The molecule has 0 aliphatic carbocycles. The van der Waals surface area contributed by atoms with Crippen LogP contribution in [0.4, 0.5) is 0 Å². The molecule has 0 saturated carbocycles. The molecule has 0 bridgehead atoms. The lowest BCUT2D eigenvalue weighted by molar-refractivity contribution is -0.146. The molecule has 0 spiro atoms. The summed E-state index contributed by atoms with van der Waals surface area (Å²) in [6, 6.07) is 3.44. The van der Waals surface area contributed by atoms with E-state index in [-0.39, 0.29) is 24.4 Å². The third-order valence-corrected chi connectivity index (χ3v) is 3.24. The van der Waals surface area contributed by atoms with Crippen LogP contribution in [-0.4, -0.2) is 34.3 Å². The van der Waals surface area contributed by atoms with Gasteiger partial charge in [-0.1, -0.05) is 13.0 Å². The molecule has 0 aromatic carbocycles. The summed E-state index contributed by atoms with van der Waals surface area (Å²) in [7, 11) is 0. The topological polar surface area (TPSA) is 62.3 Å². The Labute approximate surface area is 106 Å². The minimum atomic E-state index is -0.382. The smallest absolute Gasteiger partial charge is 0.243 e. The largest absolute Gasteiger partial charge is 0.345 e. The molecule has 1 aliphatic heterocycles. The van der Waals surface area contributed by atoms with Crippen LogP contribution in [0.3, 0.4) is 0 Å². The number of hydrogen-bond acceptors (Lipinski definition) is 3. The van der Waals surface area contributed by atoms with Crippen molar-refractivity contribution in [3.63, 3.8) is 0 Å². The number of carbonyl (C=O) groups is 2. The van der Waals surface area contributed by atoms with Gasteiger partial charge in [0.15, 0.2) is 0 Å². The standard InChI is InChI=1S/C13H17N3O2/c1-3-11-13(18)15-7-12(17)16(11)8-10-9(2)5-4-6-14-10/h4-6,11H,3,7-8H2,1-2H3,(H,15,18). The van der Waals surface area contributed by atoms with E-state index >= 15 is 0 Å². The van der Waals surface area contributed by atoms with Gasteiger partial charge in [0.25, 0.3) is 0 Å². The van der Waals surface area contributed by atoms with Crippen molar-refractivity contribution < 1.29 is 9.59 Å². The molecule has 2 heterocycles. The van der Waals surface area contributed by atoms with Crippen LogP contribution in [-0.2, 0) is 16.1 Å². The Balaban J connectivity index is 2.22. The first-order chi connectivity index (χ1) is 8.63. The number of carbonyl (C=O) groups excluding carboxylic acids is 2. The van der Waals surface area contributed by atoms with E-state index < -0.39 is 0 Å². The maximum Gasteiger partial charge on any atom is 0.243 e. The van der Waals surface area contributed by atoms with Crippen molar-refractivity contribution in [1.29, 1.82) is 0 Å². The molecule has 18 heavy (non-hydrogen) atoms. The minimum absolute atomic E-state index is 0.0495. The summed E-state index contributed by atoms with van der Waals surface area (Å²) < 4.78 is 0. The zero-order valence-corrected chi connectivity index (χ0v) is 10.6. The molecule has 5 nitrogen and oxygen atoms in total. The number of aromatic nitrogens is 1. The first kappa shape index (κ1) is 12.5. The Morgan fingerprint density at radius 2 is 2.28 bits per heavy atom. The Morgan fingerprint density at radius 1 is 1.50 bits per heavy atom. The summed E-state index contributed by atoms with van der Waals surface area (Å²) in [4.78, 5) is 29.5. The summed E-state index contributed by atoms with van der Waals surface area (Å²) in [5, 5.41) is 2.61.